The van der Waals surface area contributed by atoms with Gasteiger partial charge in [-0.05, 0) is 91.3 Å². The molecule has 1 heterocycles. The minimum Gasteiger partial charge on any atom is -0.378 e. The second kappa shape index (κ2) is 8.59. The van der Waals surface area contributed by atoms with Crippen molar-refractivity contribution < 1.29 is 14.1 Å². The van der Waals surface area contributed by atoms with Crippen LogP contribution in [0, 0.1) is 0 Å². The number of aliphatic hydroxyl groups excluding tert-OH is 1. The molecule has 7 nitrogen and oxygen atoms in total. The van der Waals surface area contributed by atoms with E-state index >= 15 is 0 Å². The summed E-state index contributed by atoms with van der Waals surface area (Å²) in [5.41, 5.74) is 6.89. The number of hydrogen-bond acceptors (Lipinski definition) is 4. The van der Waals surface area contributed by atoms with E-state index in [2.05, 4.69) is 15.7 Å². The SMILES string of the molecule is NS(=O)(=NC(=O)Nc1c2c(cc3c1CCC3)CCC2)c1ccc(CN2CCCC2O)cc1. The number of fused-ring (bicyclic) bond motifs is 2. The van der Waals surface area contributed by atoms with Gasteiger partial charge in [-0.2, -0.15) is 0 Å². The second-order valence-corrected chi connectivity index (χ2v) is 10.9. The zero-order valence-corrected chi connectivity index (χ0v) is 19.0. The van der Waals surface area contributed by atoms with Crippen LogP contribution >= 0.6 is 0 Å². The molecular formula is C24H30N4O3S. The molecular weight excluding hydrogens is 424 g/mol. The molecule has 1 aliphatic heterocycles. The Bertz CT molecular complexity index is 1140. The molecule has 3 aliphatic rings. The van der Waals surface area contributed by atoms with E-state index in [1.54, 1.807) is 12.1 Å². The number of rotatable bonds is 4. The van der Waals surface area contributed by atoms with Gasteiger partial charge in [0.25, 0.3) is 0 Å². The molecule has 0 aromatic heterocycles. The lowest BCUT2D eigenvalue weighted by atomic mass is 9.99. The van der Waals surface area contributed by atoms with Crippen molar-refractivity contribution in [3.63, 3.8) is 0 Å². The van der Waals surface area contributed by atoms with Crippen LogP contribution in [-0.4, -0.2) is 33.0 Å². The number of anilines is 1. The number of carbonyl (C=O) groups is 1. The maximum absolute atomic E-state index is 13.1. The number of aryl methyl sites for hydroxylation is 2. The predicted molar refractivity (Wildman–Crippen MR) is 125 cm³/mol. The first kappa shape index (κ1) is 21.6. The lowest BCUT2D eigenvalue weighted by molar-refractivity contribution is 0.0328. The van der Waals surface area contributed by atoms with Crippen LogP contribution < -0.4 is 10.5 Å². The molecule has 0 spiro atoms. The third-order valence-electron chi connectivity index (χ3n) is 6.90. The molecule has 32 heavy (non-hydrogen) atoms. The summed E-state index contributed by atoms with van der Waals surface area (Å²) in [7, 11) is -3.36. The van der Waals surface area contributed by atoms with Crippen molar-refractivity contribution in [2.45, 2.75) is 69.0 Å². The molecule has 2 aliphatic carbocycles. The molecule has 2 atom stereocenters. The Morgan fingerprint density at radius 3 is 2.34 bits per heavy atom. The van der Waals surface area contributed by atoms with Crippen molar-refractivity contribution in [2.75, 3.05) is 11.9 Å². The number of aliphatic hydroxyl groups is 1. The lowest BCUT2D eigenvalue weighted by Crippen LogP contribution is -2.28. The maximum Gasteiger partial charge on any atom is 0.354 e. The van der Waals surface area contributed by atoms with Gasteiger partial charge in [0.05, 0.1) is 4.90 Å². The van der Waals surface area contributed by atoms with Crippen molar-refractivity contribution in [3.8, 4) is 0 Å². The highest BCUT2D eigenvalue weighted by atomic mass is 32.2. The monoisotopic (exact) mass is 454 g/mol. The molecule has 170 valence electrons. The summed E-state index contributed by atoms with van der Waals surface area (Å²) >= 11 is 0. The fourth-order valence-corrected chi connectivity index (χ4v) is 6.21. The van der Waals surface area contributed by atoms with E-state index in [1.165, 1.54) is 22.3 Å². The first-order valence-electron chi connectivity index (χ1n) is 11.4. The number of carbonyl (C=O) groups excluding carboxylic acids is 1. The highest BCUT2D eigenvalue weighted by molar-refractivity contribution is 7.91. The Kier molecular flexibility index (Phi) is 5.79. The van der Waals surface area contributed by atoms with E-state index in [9.17, 15) is 14.1 Å². The van der Waals surface area contributed by atoms with Gasteiger partial charge in [0, 0.05) is 18.8 Å². The number of amides is 2. The van der Waals surface area contributed by atoms with Gasteiger partial charge in [0.15, 0.2) is 0 Å². The number of nitrogens with one attached hydrogen (secondary N) is 1. The summed E-state index contributed by atoms with van der Waals surface area (Å²) in [5, 5.41) is 18.9. The maximum atomic E-state index is 13.1. The fourth-order valence-electron chi connectivity index (χ4n) is 5.29. The van der Waals surface area contributed by atoms with E-state index in [0.29, 0.717) is 11.4 Å². The number of hydrogen-bond donors (Lipinski definition) is 3. The zero-order chi connectivity index (χ0) is 22.3. The Morgan fingerprint density at radius 1 is 1.09 bits per heavy atom. The predicted octanol–water partition coefficient (Wildman–Crippen LogP) is 3.51. The van der Waals surface area contributed by atoms with E-state index in [-0.39, 0.29) is 0 Å². The summed E-state index contributed by atoms with van der Waals surface area (Å²) in [6.45, 7) is 1.48. The first-order chi connectivity index (χ1) is 15.4. The van der Waals surface area contributed by atoms with Crippen LogP contribution in [0.5, 0.6) is 0 Å². The van der Waals surface area contributed by atoms with Crippen LogP contribution in [0.15, 0.2) is 39.6 Å². The molecule has 2 aromatic carbocycles. The average molecular weight is 455 g/mol. The highest BCUT2D eigenvalue weighted by Gasteiger charge is 2.25. The zero-order valence-electron chi connectivity index (χ0n) is 18.2. The standard InChI is InChI=1S/C24H30N4O3S/c25-32(31,19-11-9-16(10-12-19)15-28-13-3-8-22(28)29)27-24(30)26-23-20-6-1-4-17(20)14-18-5-2-7-21(18)23/h9-12,14,22,29H,1-8,13,15H2,(H3,25,26,27,30,31). The van der Waals surface area contributed by atoms with Gasteiger partial charge < -0.3 is 10.4 Å². The summed E-state index contributed by atoms with van der Waals surface area (Å²) in [5.74, 6) is 0. The van der Waals surface area contributed by atoms with Gasteiger partial charge in [-0.25, -0.2) is 14.1 Å². The molecule has 5 rings (SSSR count). The second-order valence-electron chi connectivity index (χ2n) is 9.06. The van der Waals surface area contributed by atoms with E-state index < -0.39 is 22.2 Å². The molecule has 4 N–H and O–H groups in total. The van der Waals surface area contributed by atoms with Gasteiger partial charge in [-0.1, -0.05) is 18.2 Å². The van der Waals surface area contributed by atoms with Gasteiger partial charge in [0.2, 0.25) is 0 Å². The summed E-state index contributed by atoms with van der Waals surface area (Å²) in [6.07, 6.45) is 7.52. The minimum absolute atomic E-state index is 0.321. The Balaban J connectivity index is 1.35. The largest absolute Gasteiger partial charge is 0.378 e. The van der Waals surface area contributed by atoms with Gasteiger partial charge >= 0.3 is 6.03 Å². The molecule has 0 bridgehead atoms. The number of nitrogens with two attached hydrogens (primary N) is 1. The van der Waals surface area contributed by atoms with Crippen LogP contribution in [0.4, 0.5) is 10.5 Å². The highest BCUT2D eigenvalue weighted by Crippen LogP contribution is 2.38. The molecule has 1 saturated heterocycles. The van der Waals surface area contributed by atoms with Crippen LogP contribution in [0.3, 0.4) is 0 Å². The summed E-state index contributed by atoms with van der Waals surface area (Å²) < 4.78 is 16.9. The molecule has 1 fully saturated rings. The quantitative estimate of drug-likeness (QED) is 0.657. The van der Waals surface area contributed by atoms with Crippen molar-refractivity contribution in [3.05, 3.63) is 58.1 Å². The fraction of sp³-hybridized carbons (Fsp3) is 0.458. The normalized spacial score (nSPS) is 21.8. The molecule has 2 unspecified atom stereocenters. The van der Waals surface area contributed by atoms with Gasteiger partial charge in [-0.3, -0.25) is 4.90 Å². The molecule has 2 amide bonds. The van der Waals surface area contributed by atoms with Gasteiger partial charge in [0.1, 0.15) is 16.1 Å². The lowest BCUT2D eigenvalue weighted by Gasteiger charge is -2.19. The Labute approximate surface area is 189 Å². The van der Waals surface area contributed by atoms with Crippen molar-refractivity contribution in [2.24, 2.45) is 9.50 Å². The first-order valence-corrected chi connectivity index (χ1v) is 13.0. The molecule has 0 saturated carbocycles. The third-order valence-corrected chi connectivity index (χ3v) is 8.28. The van der Waals surface area contributed by atoms with E-state index in [1.807, 2.05) is 17.0 Å². The summed E-state index contributed by atoms with van der Waals surface area (Å²) in [4.78, 5) is 15.1. The van der Waals surface area contributed by atoms with Gasteiger partial charge in [-0.15, -0.1) is 4.36 Å². The molecule has 8 heteroatoms. The van der Waals surface area contributed by atoms with Crippen molar-refractivity contribution >= 4 is 21.6 Å². The van der Waals surface area contributed by atoms with E-state index in [4.69, 9.17) is 5.14 Å². The third kappa shape index (κ3) is 4.20. The van der Waals surface area contributed by atoms with Crippen LogP contribution in [-0.2, 0) is 42.1 Å². The average Bonchev–Trinajstić information content (AvgIpc) is 3.49. The minimum atomic E-state index is -3.36. The topological polar surface area (TPSA) is 108 Å². The van der Waals surface area contributed by atoms with E-state index in [0.717, 1.165) is 69.2 Å². The number of urea groups is 1. The Hall–Kier alpha value is -2.26. The van der Waals surface area contributed by atoms with Crippen molar-refractivity contribution in [1.82, 2.24) is 4.90 Å². The van der Waals surface area contributed by atoms with Crippen LogP contribution in [0.2, 0.25) is 0 Å². The smallest absolute Gasteiger partial charge is 0.354 e. The van der Waals surface area contributed by atoms with Crippen molar-refractivity contribution in [1.29, 1.82) is 0 Å². The number of benzene rings is 2. The number of likely N-dealkylation sites (tertiary alicyclic amines) is 1. The van der Waals surface area contributed by atoms with Crippen LogP contribution in [0.1, 0.15) is 53.5 Å². The Morgan fingerprint density at radius 2 is 1.75 bits per heavy atom. The number of nitrogens with zero attached hydrogens (tertiary/aromatic N) is 2. The summed E-state index contributed by atoms with van der Waals surface area (Å²) in [6, 6.07) is 8.63. The van der Waals surface area contributed by atoms with Crippen LogP contribution in [0.25, 0.3) is 0 Å². The molecule has 0 radical (unpaired) electrons. The molecule has 2 aromatic rings.